The first-order valence-electron chi connectivity index (χ1n) is 2.93. The van der Waals surface area contributed by atoms with E-state index in [9.17, 15) is 4.39 Å². The first kappa shape index (κ1) is 8.33. The summed E-state index contributed by atoms with van der Waals surface area (Å²) >= 11 is 3.17. The Morgan fingerprint density at radius 2 is 2.18 bits per heavy atom. The molecule has 4 heteroatoms. The smallest absolute Gasteiger partial charge is 0.149 e. The Kier molecular flexibility index (Phi) is 2.34. The first-order chi connectivity index (χ1) is 5.15. The Bertz CT molecular complexity index is 277. The van der Waals surface area contributed by atoms with Gasteiger partial charge in [0.15, 0.2) is 0 Å². The lowest BCUT2D eigenvalue weighted by Crippen LogP contribution is -1.92. The average Bonchev–Trinajstić information content (AvgIpc) is 1.97. The van der Waals surface area contributed by atoms with E-state index in [-0.39, 0.29) is 5.69 Å². The fourth-order valence-corrected chi connectivity index (χ4v) is 1.22. The zero-order chi connectivity index (χ0) is 8.43. The van der Waals surface area contributed by atoms with Crippen molar-refractivity contribution in [3.63, 3.8) is 0 Å². The van der Waals surface area contributed by atoms with Gasteiger partial charge in [0.2, 0.25) is 0 Å². The summed E-state index contributed by atoms with van der Waals surface area (Å²) in [4.78, 5) is 0. The van der Waals surface area contributed by atoms with Gasteiger partial charge in [0.05, 0.1) is 17.3 Å². The lowest BCUT2D eigenvalue weighted by Gasteiger charge is -2.03. The van der Waals surface area contributed by atoms with Crippen molar-refractivity contribution < 1.29 is 9.13 Å². The lowest BCUT2D eigenvalue weighted by atomic mass is 10.3. The van der Waals surface area contributed by atoms with Crippen LogP contribution in [0.15, 0.2) is 16.6 Å². The number of methoxy groups -OCH3 is 1. The zero-order valence-corrected chi connectivity index (χ0v) is 7.48. The van der Waals surface area contributed by atoms with Crippen molar-refractivity contribution in [2.24, 2.45) is 0 Å². The van der Waals surface area contributed by atoms with Gasteiger partial charge in [0.1, 0.15) is 11.6 Å². The molecule has 1 rings (SSSR count). The van der Waals surface area contributed by atoms with Gasteiger partial charge >= 0.3 is 0 Å². The molecule has 0 heterocycles. The minimum absolute atomic E-state index is 0.109. The monoisotopic (exact) mass is 219 g/mol. The van der Waals surface area contributed by atoms with Crippen molar-refractivity contribution >= 4 is 21.6 Å². The Labute approximate surface area is 72.3 Å². The number of anilines is 1. The summed E-state index contributed by atoms with van der Waals surface area (Å²) < 4.78 is 18.2. The normalized spacial score (nSPS) is 9.73. The third-order valence-electron chi connectivity index (χ3n) is 1.27. The minimum Gasteiger partial charge on any atom is -0.495 e. The largest absolute Gasteiger partial charge is 0.495 e. The van der Waals surface area contributed by atoms with Crippen LogP contribution in [0.25, 0.3) is 0 Å². The summed E-state index contributed by atoms with van der Waals surface area (Å²) in [5.41, 5.74) is 5.39. The van der Waals surface area contributed by atoms with Crippen LogP contribution in [-0.4, -0.2) is 7.11 Å². The van der Waals surface area contributed by atoms with Crippen molar-refractivity contribution in [3.05, 3.63) is 22.4 Å². The van der Waals surface area contributed by atoms with Crippen LogP contribution < -0.4 is 10.5 Å². The van der Waals surface area contributed by atoms with E-state index in [1.165, 1.54) is 19.2 Å². The van der Waals surface area contributed by atoms with Gasteiger partial charge in [-0.05, 0) is 22.0 Å². The fourth-order valence-electron chi connectivity index (χ4n) is 0.700. The molecule has 0 saturated heterocycles. The third kappa shape index (κ3) is 1.63. The number of halogens is 2. The quantitative estimate of drug-likeness (QED) is 0.736. The molecule has 1 aromatic rings. The Morgan fingerprint density at radius 1 is 1.55 bits per heavy atom. The molecule has 0 radical (unpaired) electrons. The van der Waals surface area contributed by atoms with E-state index < -0.39 is 5.82 Å². The molecule has 2 nitrogen and oxygen atoms in total. The van der Waals surface area contributed by atoms with Gasteiger partial charge in [-0.1, -0.05) is 0 Å². The highest BCUT2D eigenvalue weighted by atomic mass is 79.9. The molecular weight excluding hydrogens is 213 g/mol. The Balaban J connectivity index is 3.21. The van der Waals surface area contributed by atoms with Gasteiger partial charge in [-0.3, -0.25) is 0 Å². The molecule has 1 aromatic carbocycles. The Hall–Kier alpha value is -0.770. The summed E-state index contributed by atoms with van der Waals surface area (Å²) in [6.45, 7) is 0. The summed E-state index contributed by atoms with van der Waals surface area (Å²) in [7, 11) is 1.47. The SMILES string of the molecule is COc1cc(F)c(N)cc1Br. The van der Waals surface area contributed by atoms with Crippen molar-refractivity contribution in [2.75, 3.05) is 12.8 Å². The minimum atomic E-state index is -0.468. The van der Waals surface area contributed by atoms with E-state index in [4.69, 9.17) is 10.5 Å². The highest BCUT2D eigenvalue weighted by molar-refractivity contribution is 9.10. The zero-order valence-electron chi connectivity index (χ0n) is 5.90. The predicted molar refractivity (Wildman–Crippen MR) is 45.1 cm³/mol. The highest BCUT2D eigenvalue weighted by Gasteiger charge is 2.04. The van der Waals surface area contributed by atoms with E-state index in [1.807, 2.05) is 0 Å². The molecule has 0 aliphatic heterocycles. The number of hydrogen-bond acceptors (Lipinski definition) is 2. The molecule has 0 unspecified atom stereocenters. The van der Waals surface area contributed by atoms with Crippen LogP contribution in [0.4, 0.5) is 10.1 Å². The molecule has 0 saturated carbocycles. The first-order valence-corrected chi connectivity index (χ1v) is 3.73. The molecule has 0 aliphatic rings. The van der Waals surface area contributed by atoms with Gasteiger partial charge in [-0.15, -0.1) is 0 Å². The van der Waals surface area contributed by atoms with Crippen molar-refractivity contribution in [3.8, 4) is 5.75 Å². The topological polar surface area (TPSA) is 35.2 Å². The third-order valence-corrected chi connectivity index (χ3v) is 1.89. The number of benzene rings is 1. The van der Waals surface area contributed by atoms with E-state index in [2.05, 4.69) is 15.9 Å². The van der Waals surface area contributed by atoms with Crippen molar-refractivity contribution in [2.45, 2.75) is 0 Å². The molecular formula is C7H7BrFNO. The molecule has 0 bridgehead atoms. The van der Waals surface area contributed by atoms with Crippen LogP contribution in [0.5, 0.6) is 5.75 Å². The van der Waals surface area contributed by atoms with Gasteiger partial charge < -0.3 is 10.5 Å². The number of rotatable bonds is 1. The standard InChI is InChI=1S/C7H7BrFNO/c1-11-7-3-5(9)6(10)2-4(7)8/h2-3H,10H2,1H3. The van der Waals surface area contributed by atoms with Gasteiger partial charge in [0, 0.05) is 6.07 Å². The van der Waals surface area contributed by atoms with Crippen LogP contribution in [-0.2, 0) is 0 Å². The van der Waals surface area contributed by atoms with E-state index in [0.29, 0.717) is 10.2 Å². The van der Waals surface area contributed by atoms with Crippen molar-refractivity contribution in [1.29, 1.82) is 0 Å². The second-order valence-corrected chi connectivity index (χ2v) is 2.86. The molecule has 0 fully saturated rings. The molecule has 0 atom stereocenters. The fraction of sp³-hybridized carbons (Fsp3) is 0.143. The van der Waals surface area contributed by atoms with Crippen LogP contribution in [0.2, 0.25) is 0 Å². The van der Waals surface area contributed by atoms with Gasteiger partial charge in [-0.2, -0.15) is 0 Å². The summed E-state index contributed by atoms with van der Waals surface area (Å²) in [6.07, 6.45) is 0. The van der Waals surface area contributed by atoms with Crippen molar-refractivity contribution in [1.82, 2.24) is 0 Å². The number of nitrogen functional groups attached to an aromatic ring is 1. The van der Waals surface area contributed by atoms with Crippen LogP contribution in [0.3, 0.4) is 0 Å². The summed E-state index contributed by atoms with van der Waals surface area (Å²) in [5.74, 6) is -0.0262. The molecule has 0 spiro atoms. The molecule has 60 valence electrons. The van der Waals surface area contributed by atoms with E-state index in [1.54, 1.807) is 0 Å². The van der Waals surface area contributed by atoms with E-state index in [0.717, 1.165) is 0 Å². The maximum Gasteiger partial charge on any atom is 0.149 e. The summed E-state index contributed by atoms with van der Waals surface area (Å²) in [6, 6.07) is 2.70. The maximum absolute atomic E-state index is 12.7. The Morgan fingerprint density at radius 3 is 2.73 bits per heavy atom. The van der Waals surface area contributed by atoms with E-state index >= 15 is 0 Å². The lowest BCUT2D eigenvalue weighted by molar-refractivity contribution is 0.409. The van der Waals surface area contributed by atoms with Crippen LogP contribution in [0, 0.1) is 5.82 Å². The second-order valence-electron chi connectivity index (χ2n) is 2.01. The maximum atomic E-state index is 12.7. The van der Waals surface area contributed by atoms with Crippen LogP contribution >= 0.6 is 15.9 Å². The van der Waals surface area contributed by atoms with Gasteiger partial charge in [-0.25, -0.2) is 4.39 Å². The molecule has 2 N–H and O–H groups in total. The molecule has 11 heavy (non-hydrogen) atoms. The number of nitrogens with two attached hydrogens (primary N) is 1. The predicted octanol–water partition coefficient (Wildman–Crippen LogP) is 2.18. The second kappa shape index (κ2) is 3.09. The molecule has 0 aliphatic carbocycles. The molecule has 0 amide bonds. The highest BCUT2D eigenvalue weighted by Crippen LogP contribution is 2.28. The molecule has 0 aromatic heterocycles. The van der Waals surface area contributed by atoms with Gasteiger partial charge in [0.25, 0.3) is 0 Å². The number of hydrogen-bond donors (Lipinski definition) is 1. The number of ether oxygens (including phenoxy) is 1. The van der Waals surface area contributed by atoms with Crippen LogP contribution in [0.1, 0.15) is 0 Å². The average molecular weight is 220 g/mol. The summed E-state index contributed by atoms with van der Waals surface area (Å²) in [5, 5.41) is 0.